The van der Waals surface area contributed by atoms with Gasteiger partial charge in [0.05, 0.1) is 12.7 Å². The first-order chi connectivity index (χ1) is 11.6. The topological polar surface area (TPSA) is 61.4 Å². The first-order valence-electron chi connectivity index (χ1n) is 7.60. The first kappa shape index (κ1) is 16.3. The Morgan fingerprint density at radius 3 is 2.46 bits per heavy atom. The van der Waals surface area contributed by atoms with Gasteiger partial charge in [0.25, 0.3) is 0 Å². The lowest BCUT2D eigenvalue weighted by molar-refractivity contribution is -0.117. The molecular formula is C16H17F2N5O. The van der Waals surface area contributed by atoms with E-state index in [0.29, 0.717) is 26.2 Å². The van der Waals surface area contributed by atoms with Crippen molar-refractivity contribution < 1.29 is 13.6 Å². The molecule has 1 saturated heterocycles. The van der Waals surface area contributed by atoms with Crippen LogP contribution >= 0.6 is 0 Å². The quantitative estimate of drug-likeness (QED) is 0.919. The van der Waals surface area contributed by atoms with E-state index in [1.165, 1.54) is 6.07 Å². The van der Waals surface area contributed by atoms with Crippen LogP contribution in [0.1, 0.15) is 0 Å². The Hall–Kier alpha value is -2.61. The van der Waals surface area contributed by atoms with Crippen LogP contribution < -0.4 is 10.2 Å². The first-order valence-corrected chi connectivity index (χ1v) is 7.60. The molecule has 1 aliphatic rings. The Kier molecular flexibility index (Phi) is 4.95. The minimum atomic E-state index is -0.782. The minimum Gasteiger partial charge on any atom is -0.353 e. The lowest BCUT2D eigenvalue weighted by Gasteiger charge is -2.34. The van der Waals surface area contributed by atoms with Crippen molar-refractivity contribution in [2.24, 2.45) is 0 Å². The molecule has 1 aromatic carbocycles. The van der Waals surface area contributed by atoms with Gasteiger partial charge in [0.15, 0.2) is 0 Å². The van der Waals surface area contributed by atoms with Crippen LogP contribution in [-0.2, 0) is 4.79 Å². The third-order valence-electron chi connectivity index (χ3n) is 3.84. The Labute approximate surface area is 138 Å². The molecule has 24 heavy (non-hydrogen) atoms. The number of para-hydroxylation sites is 1. The van der Waals surface area contributed by atoms with Gasteiger partial charge in [0, 0.05) is 38.6 Å². The van der Waals surface area contributed by atoms with Gasteiger partial charge < -0.3 is 10.2 Å². The molecule has 1 aliphatic heterocycles. The van der Waals surface area contributed by atoms with E-state index >= 15 is 0 Å². The summed E-state index contributed by atoms with van der Waals surface area (Å²) in [6.07, 6.45) is 4.95. The zero-order chi connectivity index (χ0) is 16.9. The average Bonchev–Trinajstić information content (AvgIpc) is 2.60. The van der Waals surface area contributed by atoms with Gasteiger partial charge in [-0.15, -0.1) is 0 Å². The highest BCUT2D eigenvalue weighted by Gasteiger charge is 2.21. The van der Waals surface area contributed by atoms with E-state index in [1.807, 2.05) is 4.90 Å². The highest BCUT2D eigenvalue weighted by Crippen LogP contribution is 2.18. The van der Waals surface area contributed by atoms with Gasteiger partial charge in [-0.3, -0.25) is 14.7 Å². The highest BCUT2D eigenvalue weighted by atomic mass is 19.1. The Bertz CT molecular complexity index is 685. The number of piperazine rings is 1. The predicted octanol–water partition coefficient (Wildman–Crippen LogP) is 1.52. The summed E-state index contributed by atoms with van der Waals surface area (Å²) in [5.41, 5.74) is -0.402. The lowest BCUT2D eigenvalue weighted by atomic mass is 10.2. The maximum atomic E-state index is 13.5. The van der Waals surface area contributed by atoms with E-state index in [1.54, 1.807) is 18.6 Å². The SMILES string of the molecule is O=C(CN1CCN(c2cnccn2)CC1)Nc1c(F)cccc1F. The molecule has 1 fully saturated rings. The van der Waals surface area contributed by atoms with Crippen molar-refractivity contribution in [2.45, 2.75) is 0 Å². The van der Waals surface area contributed by atoms with Gasteiger partial charge in [-0.25, -0.2) is 13.8 Å². The average molecular weight is 333 g/mol. The Balaban J connectivity index is 1.52. The van der Waals surface area contributed by atoms with Gasteiger partial charge in [0.1, 0.15) is 23.1 Å². The number of amides is 1. The molecule has 0 saturated carbocycles. The summed E-state index contributed by atoms with van der Waals surface area (Å²) in [6.45, 7) is 2.82. The Morgan fingerprint density at radius 1 is 1.12 bits per heavy atom. The van der Waals surface area contributed by atoms with Crippen molar-refractivity contribution in [3.05, 3.63) is 48.4 Å². The van der Waals surface area contributed by atoms with Crippen LogP contribution in [0.3, 0.4) is 0 Å². The minimum absolute atomic E-state index is 0.0854. The summed E-state index contributed by atoms with van der Waals surface area (Å²) in [7, 11) is 0. The van der Waals surface area contributed by atoms with Crippen molar-refractivity contribution >= 4 is 17.4 Å². The largest absolute Gasteiger partial charge is 0.353 e. The number of hydrogen-bond donors (Lipinski definition) is 1. The van der Waals surface area contributed by atoms with Crippen molar-refractivity contribution in [1.82, 2.24) is 14.9 Å². The van der Waals surface area contributed by atoms with Gasteiger partial charge in [-0.2, -0.15) is 0 Å². The maximum Gasteiger partial charge on any atom is 0.238 e. The second kappa shape index (κ2) is 7.31. The van der Waals surface area contributed by atoms with Crippen molar-refractivity contribution in [1.29, 1.82) is 0 Å². The molecule has 0 unspecified atom stereocenters. The molecule has 0 bridgehead atoms. The molecule has 0 spiro atoms. The molecule has 2 heterocycles. The van der Waals surface area contributed by atoms with E-state index in [0.717, 1.165) is 18.0 Å². The number of hydrogen-bond acceptors (Lipinski definition) is 5. The van der Waals surface area contributed by atoms with Crippen LogP contribution in [0.2, 0.25) is 0 Å². The number of rotatable bonds is 4. The molecule has 3 rings (SSSR count). The van der Waals surface area contributed by atoms with Gasteiger partial charge in [-0.1, -0.05) is 6.07 Å². The zero-order valence-corrected chi connectivity index (χ0v) is 13.0. The molecule has 0 atom stereocenters. The van der Waals surface area contributed by atoms with Crippen molar-refractivity contribution in [3.8, 4) is 0 Å². The second-order valence-electron chi connectivity index (χ2n) is 5.47. The van der Waals surface area contributed by atoms with Crippen LogP contribution in [0.4, 0.5) is 20.3 Å². The fourth-order valence-corrected chi connectivity index (χ4v) is 2.59. The van der Waals surface area contributed by atoms with E-state index in [2.05, 4.69) is 20.2 Å². The number of anilines is 2. The summed E-state index contributed by atoms with van der Waals surface area (Å²) >= 11 is 0. The standard InChI is InChI=1S/C16H17F2N5O/c17-12-2-1-3-13(18)16(12)21-15(24)11-22-6-8-23(9-7-22)14-10-19-4-5-20-14/h1-5,10H,6-9,11H2,(H,21,24). The number of nitrogens with zero attached hydrogens (tertiary/aromatic N) is 4. The van der Waals surface area contributed by atoms with Crippen LogP contribution in [0, 0.1) is 11.6 Å². The van der Waals surface area contributed by atoms with Crippen LogP contribution in [0.25, 0.3) is 0 Å². The highest BCUT2D eigenvalue weighted by molar-refractivity contribution is 5.92. The predicted molar refractivity (Wildman–Crippen MR) is 85.7 cm³/mol. The number of halogens is 2. The van der Waals surface area contributed by atoms with E-state index in [9.17, 15) is 13.6 Å². The molecule has 1 aromatic heterocycles. The van der Waals surface area contributed by atoms with Gasteiger partial charge >= 0.3 is 0 Å². The molecule has 6 nitrogen and oxygen atoms in total. The molecular weight excluding hydrogens is 316 g/mol. The lowest BCUT2D eigenvalue weighted by Crippen LogP contribution is -2.49. The molecule has 1 N–H and O–H groups in total. The summed E-state index contributed by atoms with van der Waals surface area (Å²) in [5, 5.41) is 2.30. The number of carbonyl (C=O) groups is 1. The second-order valence-corrected chi connectivity index (χ2v) is 5.47. The van der Waals surface area contributed by atoms with E-state index in [4.69, 9.17) is 0 Å². The van der Waals surface area contributed by atoms with Gasteiger partial charge in [-0.05, 0) is 12.1 Å². The Morgan fingerprint density at radius 2 is 1.83 bits per heavy atom. The summed E-state index contributed by atoms with van der Waals surface area (Å²) in [5.74, 6) is -1.20. The summed E-state index contributed by atoms with van der Waals surface area (Å²) in [4.78, 5) is 24.3. The number of carbonyl (C=O) groups excluding carboxylic acids is 1. The van der Waals surface area contributed by atoms with Crippen molar-refractivity contribution in [3.63, 3.8) is 0 Å². The smallest absolute Gasteiger partial charge is 0.238 e. The monoisotopic (exact) mass is 333 g/mol. The molecule has 8 heteroatoms. The normalized spacial score (nSPS) is 15.3. The third-order valence-corrected chi connectivity index (χ3v) is 3.84. The molecule has 126 valence electrons. The number of benzene rings is 1. The summed E-state index contributed by atoms with van der Waals surface area (Å²) < 4.78 is 27.1. The molecule has 0 aliphatic carbocycles. The van der Waals surface area contributed by atoms with Crippen molar-refractivity contribution in [2.75, 3.05) is 42.9 Å². The van der Waals surface area contributed by atoms with Crippen LogP contribution in [-0.4, -0.2) is 53.5 Å². The fraction of sp³-hybridized carbons (Fsp3) is 0.312. The van der Waals surface area contributed by atoms with Crippen LogP contribution in [0.5, 0.6) is 0 Å². The van der Waals surface area contributed by atoms with E-state index < -0.39 is 23.2 Å². The third kappa shape index (κ3) is 3.83. The number of nitrogens with one attached hydrogen (secondary N) is 1. The van der Waals surface area contributed by atoms with Crippen LogP contribution in [0.15, 0.2) is 36.8 Å². The maximum absolute atomic E-state index is 13.5. The van der Waals surface area contributed by atoms with E-state index in [-0.39, 0.29) is 6.54 Å². The fourth-order valence-electron chi connectivity index (χ4n) is 2.59. The van der Waals surface area contributed by atoms with Gasteiger partial charge in [0.2, 0.25) is 5.91 Å². The number of aromatic nitrogens is 2. The zero-order valence-electron chi connectivity index (χ0n) is 13.0. The molecule has 1 amide bonds. The molecule has 0 radical (unpaired) electrons. The molecule has 2 aromatic rings. The summed E-state index contributed by atoms with van der Waals surface area (Å²) in [6, 6.07) is 3.47.